The zero-order chi connectivity index (χ0) is 17.4. The van der Waals surface area contributed by atoms with Gasteiger partial charge in [-0.25, -0.2) is 4.79 Å². The van der Waals surface area contributed by atoms with Crippen molar-refractivity contribution in [2.45, 2.75) is 39.3 Å². The van der Waals surface area contributed by atoms with E-state index in [9.17, 15) is 9.59 Å². The van der Waals surface area contributed by atoms with Gasteiger partial charge in [0, 0.05) is 32.7 Å². The van der Waals surface area contributed by atoms with Crippen LogP contribution in [0.15, 0.2) is 10.8 Å². The van der Waals surface area contributed by atoms with Crippen molar-refractivity contribution < 1.29 is 14.3 Å². The van der Waals surface area contributed by atoms with E-state index in [1.807, 2.05) is 27.7 Å². The van der Waals surface area contributed by atoms with Crippen molar-refractivity contribution in [2.24, 2.45) is 7.05 Å². The van der Waals surface area contributed by atoms with Crippen molar-refractivity contribution in [2.75, 3.05) is 19.6 Å². The third kappa shape index (κ3) is 4.04. The number of amides is 2. The minimum absolute atomic E-state index is 0.0827. The first kappa shape index (κ1) is 17.8. The topological polar surface area (TPSA) is 67.7 Å². The van der Waals surface area contributed by atoms with E-state index in [-0.39, 0.29) is 18.0 Å². The Kier molecular flexibility index (Phi) is 5.03. The Morgan fingerprint density at radius 1 is 1.35 bits per heavy atom. The Balaban J connectivity index is 2.02. The monoisotopic (exact) mass is 386 g/mol. The number of piperazine rings is 1. The molecule has 1 aromatic rings. The van der Waals surface area contributed by atoms with Crippen LogP contribution in [0.2, 0.25) is 0 Å². The molecule has 128 valence electrons. The molecule has 1 aliphatic heterocycles. The van der Waals surface area contributed by atoms with E-state index in [2.05, 4.69) is 21.0 Å². The quantitative estimate of drug-likeness (QED) is 0.742. The smallest absolute Gasteiger partial charge is 0.410 e. The van der Waals surface area contributed by atoms with Crippen LogP contribution < -0.4 is 0 Å². The number of carbonyl (C=O) groups excluding carboxylic acids is 2. The van der Waals surface area contributed by atoms with E-state index in [0.29, 0.717) is 29.8 Å². The van der Waals surface area contributed by atoms with Crippen LogP contribution in [-0.2, 0) is 11.8 Å². The van der Waals surface area contributed by atoms with Gasteiger partial charge < -0.3 is 14.5 Å². The van der Waals surface area contributed by atoms with Gasteiger partial charge in [-0.1, -0.05) is 0 Å². The highest BCUT2D eigenvalue weighted by molar-refractivity contribution is 9.10. The summed E-state index contributed by atoms with van der Waals surface area (Å²) in [6.45, 7) is 8.85. The number of carbonyl (C=O) groups is 2. The Morgan fingerprint density at radius 3 is 2.48 bits per heavy atom. The second-order valence-corrected chi connectivity index (χ2v) is 7.50. The normalized spacial score (nSPS) is 19.0. The van der Waals surface area contributed by atoms with Crippen LogP contribution in [0.3, 0.4) is 0 Å². The number of aryl methyl sites for hydroxylation is 1. The summed E-state index contributed by atoms with van der Waals surface area (Å²) in [4.78, 5) is 28.2. The standard InChI is InChI=1S/C15H23BrN4O3/c1-10-9-19(13(21)11-8-17-18(5)12(11)16)6-7-20(10)14(22)23-15(2,3)4/h8,10H,6-7,9H2,1-5H3/t10-/m1/s1. The number of halogens is 1. The lowest BCUT2D eigenvalue weighted by Crippen LogP contribution is -2.56. The van der Waals surface area contributed by atoms with Crippen molar-refractivity contribution in [3.05, 3.63) is 16.4 Å². The summed E-state index contributed by atoms with van der Waals surface area (Å²) in [6, 6.07) is -0.0991. The van der Waals surface area contributed by atoms with Gasteiger partial charge in [0.2, 0.25) is 0 Å². The molecule has 1 aromatic heterocycles. The summed E-state index contributed by atoms with van der Waals surface area (Å²) < 4.78 is 7.68. The lowest BCUT2D eigenvalue weighted by atomic mass is 10.1. The highest BCUT2D eigenvalue weighted by Crippen LogP contribution is 2.20. The van der Waals surface area contributed by atoms with Crippen molar-refractivity contribution in [1.29, 1.82) is 0 Å². The molecule has 0 radical (unpaired) electrons. The van der Waals surface area contributed by atoms with Crippen LogP contribution in [0, 0.1) is 0 Å². The molecular weight excluding hydrogens is 364 g/mol. The minimum atomic E-state index is -0.523. The summed E-state index contributed by atoms with van der Waals surface area (Å²) in [5.41, 5.74) is 0.00931. The lowest BCUT2D eigenvalue weighted by molar-refractivity contribution is 0.00197. The van der Waals surface area contributed by atoms with E-state index in [4.69, 9.17) is 4.74 Å². The SMILES string of the molecule is C[C@@H]1CN(C(=O)c2cnn(C)c2Br)CCN1C(=O)OC(C)(C)C. The minimum Gasteiger partial charge on any atom is -0.444 e. The maximum absolute atomic E-state index is 12.6. The molecule has 0 saturated carbocycles. The highest BCUT2D eigenvalue weighted by Gasteiger charge is 2.33. The number of nitrogens with zero attached hydrogens (tertiary/aromatic N) is 4. The number of ether oxygens (including phenoxy) is 1. The molecule has 2 heterocycles. The fraction of sp³-hybridized carbons (Fsp3) is 0.667. The first-order valence-electron chi connectivity index (χ1n) is 7.56. The average Bonchev–Trinajstić information content (AvgIpc) is 2.76. The van der Waals surface area contributed by atoms with E-state index in [1.165, 1.54) is 0 Å². The third-order valence-electron chi connectivity index (χ3n) is 3.64. The molecule has 0 aliphatic carbocycles. The van der Waals surface area contributed by atoms with Gasteiger partial charge in [-0.15, -0.1) is 0 Å². The Labute approximate surface area is 144 Å². The second kappa shape index (κ2) is 6.51. The average molecular weight is 387 g/mol. The Morgan fingerprint density at radius 2 is 2.00 bits per heavy atom. The molecular formula is C15H23BrN4O3. The van der Waals surface area contributed by atoms with E-state index in [1.54, 1.807) is 27.7 Å². The van der Waals surface area contributed by atoms with Crippen molar-refractivity contribution in [3.8, 4) is 0 Å². The largest absolute Gasteiger partial charge is 0.444 e. The first-order chi connectivity index (χ1) is 10.6. The highest BCUT2D eigenvalue weighted by atomic mass is 79.9. The second-order valence-electron chi connectivity index (χ2n) is 6.75. The molecule has 2 amide bonds. The first-order valence-corrected chi connectivity index (χ1v) is 8.36. The predicted molar refractivity (Wildman–Crippen MR) is 89.2 cm³/mol. The summed E-state index contributed by atoms with van der Waals surface area (Å²) >= 11 is 3.37. The number of hydrogen-bond acceptors (Lipinski definition) is 4. The molecule has 1 fully saturated rings. The summed E-state index contributed by atoms with van der Waals surface area (Å²) in [5.74, 6) is -0.0827. The third-order valence-corrected chi connectivity index (χ3v) is 4.58. The molecule has 7 nitrogen and oxygen atoms in total. The van der Waals surface area contributed by atoms with Crippen LogP contribution in [0.4, 0.5) is 4.79 Å². The van der Waals surface area contributed by atoms with Crippen LogP contribution in [0.25, 0.3) is 0 Å². The molecule has 0 aromatic carbocycles. The van der Waals surface area contributed by atoms with Crippen LogP contribution in [0.5, 0.6) is 0 Å². The Hall–Kier alpha value is -1.57. The van der Waals surface area contributed by atoms with Gasteiger partial charge in [-0.2, -0.15) is 5.10 Å². The molecule has 0 bridgehead atoms. The molecule has 0 N–H and O–H groups in total. The van der Waals surface area contributed by atoms with E-state index in [0.717, 1.165) is 0 Å². The van der Waals surface area contributed by atoms with Crippen molar-refractivity contribution in [3.63, 3.8) is 0 Å². The molecule has 23 heavy (non-hydrogen) atoms. The lowest BCUT2D eigenvalue weighted by Gasteiger charge is -2.40. The molecule has 1 aliphatic rings. The fourth-order valence-electron chi connectivity index (χ4n) is 2.47. The van der Waals surface area contributed by atoms with Gasteiger partial charge in [-0.3, -0.25) is 9.48 Å². The van der Waals surface area contributed by atoms with Crippen molar-refractivity contribution in [1.82, 2.24) is 19.6 Å². The number of rotatable bonds is 1. The molecule has 8 heteroatoms. The van der Waals surface area contributed by atoms with Crippen LogP contribution in [-0.4, -0.2) is 62.9 Å². The molecule has 0 spiro atoms. The zero-order valence-electron chi connectivity index (χ0n) is 14.2. The summed E-state index contributed by atoms with van der Waals surface area (Å²) in [7, 11) is 1.77. The summed E-state index contributed by atoms with van der Waals surface area (Å²) in [6.07, 6.45) is 1.22. The molecule has 2 rings (SSSR count). The van der Waals surface area contributed by atoms with Gasteiger partial charge in [0.1, 0.15) is 10.2 Å². The maximum Gasteiger partial charge on any atom is 0.410 e. The number of aromatic nitrogens is 2. The Bertz CT molecular complexity index is 608. The van der Waals surface area contributed by atoms with E-state index < -0.39 is 5.60 Å². The van der Waals surface area contributed by atoms with Crippen LogP contribution in [0.1, 0.15) is 38.1 Å². The predicted octanol–water partition coefficient (Wildman–Crippen LogP) is 2.26. The van der Waals surface area contributed by atoms with Gasteiger partial charge >= 0.3 is 6.09 Å². The van der Waals surface area contributed by atoms with Crippen LogP contribution >= 0.6 is 15.9 Å². The number of hydrogen-bond donors (Lipinski definition) is 0. The summed E-state index contributed by atoms with van der Waals surface area (Å²) in [5, 5.41) is 4.07. The zero-order valence-corrected chi connectivity index (χ0v) is 15.8. The van der Waals surface area contributed by atoms with Crippen molar-refractivity contribution >= 4 is 27.9 Å². The van der Waals surface area contributed by atoms with Gasteiger partial charge in [0.25, 0.3) is 5.91 Å². The molecule has 0 unspecified atom stereocenters. The van der Waals surface area contributed by atoms with Gasteiger partial charge in [0.05, 0.1) is 11.8 Å². The maximum atomic E-state index is 12.6. The fourth-order valence-corrected chi connectivity index (χ4v) is 2.83. The van der Waals surface area contributed by atoms with Gasteiger partial charge in [-0.05, 0) is 43.6 Å². The molecule has 1 saturated heterocycles. The van der Waals surface area contributed by atoms with Gasteiger partial charge in [0.15, 0.2) is 0 Å². The van der Waals surface area contributed by atoms with E-state index >= 15 is 0 Å². The molecule has 1 atom stereocenters.